The number of anilines is 1. The molecule has 0 fully saturated rings. The van der Waals surface area contributed by atoms with Crippen LogP contribution in [0.15, 0.2) is 81.1 Å². The van der Waals surface area contributed by atoms with Crippen molar-refractivity contribution in [2.75, 3.05) is 11.9 Å². The summed E-state index contributed by atoms with van der Waals surface area (Å²) in [4.78, 5) is 28.4. The van der Waals surface area contributed by atoms with Gasteiger partial charge in [0.25, 0.3) is 11.8 Å². The number of benzene rings is 2. The summed E-state index contributed by atoms with van der Waals surface area (Å²) < 4.78 is 5.22. The maximum atomic E-state index is 12.8. The molecule has 0 saturated carbocycles. The monoisotopic (exact) mass is 390 g/mol. The van der Waals surface area contributed by atoms with E-state index < -0.39 is 0 Å². The minimum absolute atomic E-state index is 0.0884. The Morgan fingerprint density at radius 2 is 1.96 bits per heavy atom. The second kappa shape index (κ2) is 7.78. The van der Waals surface area contributed by atoms with Gasteiger partial charge in [0.15, 0.2) is 0 Å². The maximum Gasteiger partial charge on any atom is 0.264 e. The molecule has 1 aliphatic heterocycles. The molecule has 140 valence electrons. The van der Waals surface area contributed by atoms with Gasteiger partial charge in [-0.2, -0.15) is 0 Å². The molecule has 0 unspecified atom stereocenters. The SMILES string of the molecule is CN1C(=O)/C(=C\c2ccccc2)Sc2ccc(C(=O)NCc3ccco3)cc21. The van der Waals surface area contributed by atoms with Crippen LogP contribution in [0.4, 0.5) is 5.69 Å². The second-order valence-corrected chi connectivity index (χ2v) is 7.41. The topological polar surface area (TPSA) is 62.6 Å². The van der Waals surface area contributed by atoms with Crippen LogP contribution in [0.2, 0.25) is 0 Å². The molecule has 0 spiro atoms. The summed E-state index contributed by atoms with van der Waals surface area (Å²) in [5.41, 5.74) is 2.20. The number of amides is 2. The number of furan rings is 1. The molecule has 2 aromatic carbocycles. The third-order valence-corrected chi connectivity index (χ3v) is 5.50. The fourth-order valence-electron chi connectivity index (χ4n) is 2.92. The first-order chi connectivity index (χ1) is 13.6. The molecule has 3 aromatic rings. The van der Waals surface area contributed by atoms with E-state index in [2.05, 4.69) is 5.32 Å². The number of carbonyl (C=O) groups excluding carboxylic acids is 2. The van der Waals surface area contributed by atoms with E-state index in [1.165, 1.54) is 11.8 Å². The number of hydrogen-bond donors (Lipinski definition) is 1. The lowest BCUT2D eigenvalue weighted by atomic mass is 10.1. The second-order valence-electron chi connectivity index (χ2n) is 6.33. The Balaban J connectivity index is 1.56. The molecule has 2 amide bonds. The van der Waals surface area contributed by atoms with Crippen molar-refractivity contribution in [2.24, 2.45) is 0 Å². The molecule has 2 heterocycles. The Morgan fingerprint density at radius 1 is 1.14 bits per heavy atom. The zero-order chi connectivity index (χ0) is 19.5. The first kappa shape index (κ1) is 18.1. The van der Waals surface area contributed by atoms with Gasteiger partial charge in [-0.15, -0.1) is 0 Å². The van der Waals surface area contributed by atoms with Crippen molar-refractivity contribution in [3.8, 4) is 0 Å². The van der Waals surface area contributed by atoms with E-state index in [4.69, 9.17) is 4.42 Å². The van der Waals surface area contributed by atoms with Crippen LogP contribution in [0.25, 0.3) is 6.08 Å². The van der Waals surface area contributed by atoms with Gasteiger partial charge in [0.2, 0.25) is 0 Å². The smallest absolute Gasteiger partial charge is 0.264 e. The normalized spacial score (nSPS) is 14.8. The number of rotatable bonds is 4. The number of likely N-dealkylation sites (N-methyl/N-ethyl adjacent to an activating group) is 1. The highest BCUT2D eigenvalue weighted by Gasteiger charge is 2.27. The van der Waals surface area contributed by atoms with Gasteiger partial charge in [0, 0.05) is 17.5 Å². The first-order valence-corrected chi connectivity index (χ1v) is 9.61. The molecule has 1 aromatic heterocycles. The molecule has 0 atom stereocenters. The van der Waals surface area contributed by atoms with Crippen LogP contribution in [-0.4, -0.2) is 18.9 Å². The standard InChI is InChI=1S/C22H18N2O3S/c1-24-18-13-16(21(25)23-14-17-8-5-11-27-17)9-10-19(18)28-20(22(24)26)12-15-6-3-2-4-7-15/h2-13H,14H2,1H3,(H,23,25)/b20-12+. The molecule has 1 aliphatic rings. The molecule has 0 radical (unpaired) electrons. The molecule has 28 heavy (non-hydrogen) atoms. The van der Waals surface area contributed by atoms with Gasteiger partial charge in [0.1, 0.15) is 5.76 Å². The van der Waals surface area contributed by atoms with Crippen LogP contribution in [0.5, 0.6) is 0 Å². The minimum atomic E-state index is -0.212. The highest BCUT2D eigenvalue weighted by atomic mass is 32.2. The Labute approximate surface area is 167 Å². The largest absolute Gasteiger partial charge is 0.467 e. The summed E-state index contributed by atoms with van der Waals surface area (Å²) in [5.74, 6) is 0.384. The van der Waals surface area contributed by atoms with Crippen molar-refractivity contribution in [2.45, 2.75) is 11.4 Å². The van der Waals surface area contributed by atoms with Gasteiger partial charge in [-0.25, -0.2) is 0 Å². The molecule has 0 saturated heterocycles. The molecular weight excluding hydrogens is 372 g/mol. The highest BCUT2D eigenvalue weighted by molar-refractivity contribution is 8.04. The molecule has 6 heteroatoms. The third-order valence-electron chi connectivity index (χ3n) is 4.42. The summed E-state index contributed by atoms with van der Waals surface area (Å²) in [7, 11) is 1.73. The lowest BCUT2D eigenvalue weighted by Crippen LogP contribution is -2.31. The molecule has 0 aliphatic carbocycles. The third kappa shape index (κ3) is 3.73. The number of carbonyl (C=O) groups is 2. The molecule has 1 N–H and O–H groups in total. The lowest BCUT2D eigenvalue weighted by molar-refractivity contribution is -0.114. The van der Waals surface area contributed by atoms with E-state index in [9.17, 15) is 9.59 Å². The van der Waals surface area contributed by atoms with Crippen LogP contribution < -0.4 is 10.2 Å². The Bertz CT molecular complexity index is 1040. The average Bonchev–Trinajstić information content (AvgIpc) is 3.24. The number of nitrogens with zero attached hydrogens (tertiary/aromatic N) is 1. The van der Waals surface area contributed by atoms with Crippen molar-refractivity contribution in [1.29, 1.82) is 0 Å². The highest BCUT2D eigenvalue weighted by Crippen LogP contribution is 2.41. The van der Waals surface area contributed by atoms with Crippen LogP contribution in [0.1, 0.15) is 21.7 Å². The quantitative estimate of drug-likeness (QED) is 0.674. The van der Waals surface area contributed by atoms with Crippen LogP contribution in [-0.2, 0) is 11.3 Å². The Kier molecular flexibility index (Phi) is 5.04. The summed E-state index contributed by atoms with van der Waals surface area (Å²) >= 11 is 1.42. The fourth-order valence-corrected chi connectivity index (χ4v) is 4.01. The van der Waals surface area contributed by atoms with Crippen LogP contribution in [0.3, 0.4) is 0 Å². The molecular formula is C22H18N2O3S. The number of nitrogens with one attached hydrogen (secondary N) is 1. The molecule has 4 rings (SSSR count). The van der Waals surface area contributed by atoms with Crippen LogP contribution in [0, 0.1) is 0 Å². The van der Waals surface area contributed by atoms with E-state index in [-0.39, 0.29) is 11.8 Å². The van der Waals surface area contributed by atoms with E-state index in [0.717, 1.165) is 16.1 Å². The summed E-state index contributed by atoms with van der Waals surface area (Å²) in [6.07, 6.45) is 3.45. The number of fused-ring (bicyclic) bond motifs is 1. The van der Waals surface area contributed by atoms with Gasteiger partial charge >= 0.3 is 0 Å². The van der Waals surface area contributed by atoms with Gasteiger partial charge in [-0.05, 0) is 42.0 Å². The zero-order valence-corrected chi connectivity index (χ0v) is 16.0. The van der Waals surface area contributed by atoms with Crippen molar-refractivity contribution in [3.05, 3.63) is 88.7 Å². The lowest BCUT2D eigenvalue weighted by Gasteiger charge is -2.27. The van der Waals surface area contributed by atoms with E-state index >= 15 is 0 Å². The van der Waals surface area contributed by atoms with E-state index in [1.807, 2.05) is 42.5 Å². The van der Waals surface area contributed by atoms with Crippen molar-refractivity contribution in [1.82, 2.24) is 5.32 Å². The maximum absolute atomic E-state index is 12.8. The van der Waals surface area contributed by atoms with Crippen molar-refractivity contribution in [3.63, 3.8) is 0 Å². The predicted molar refractivity (Wildman–Crippen MR) is 110 cm³/mol. The minimum Gasteiger partial charge on any atom is -0.467 e. The summed E-state index contributed by atoms with van der Waals surface area (Å²) in [6.45, 7) is 0.316. The molecule has 5 nitrogen and oxygen atoms in total. The summed E-state index contributed by atoms with van der Waals surface area (Å²) in [5, 5.41) is 2.82. The van der Waals surface area contributed by atoms with E-state index in [0.29, 0.717) is 22.8 Å². The predicted octanol–water partition coefficient (Wildman–Crippen LogP) is 4.32. The zero-order valence-electron chi connectivity index (χ0n) is 15.2. The Morgan fingerprint density at radius 3 is 2.71 bits per heavy atom. The molecule has 0 bridgehead atoms. The van der Waals surface area contributed by atoms with Crippen LogP contribution >= 0.6 is 11.8 Å². The number of hydrogen-bond acceptors (Lipinski definition) is 4. The van der Waals surface area contributed by atoms with Crippen molar-refractivity contribution >= 4 is 35.3 Å². The average molecular weight is 390 g/mol. The van der Waals surface area contributed by atoms with Gasteiger partial charge < -0.3 is 14.6 Å². The van der Waals surface area contributed by atoms with Crippen molar-refractivity contribution < 1.29 is 14.0 Å². The summed E-state index contributed by atoms with van der Waals surface area (Å²) in [6, 6.07) is 18.7. The fraction of sp³-hybridized carbons (Fsp3) is 0.0909. The first-order valence-electron chi connectivity index (χ1n) is 8.79. The number of thioether (sulfide) groups is 1. The van der Waals surface area contributed by atoms with Gasteiger partial charge in [0.05, 0.1) is 23.4 Å². The van der Waals surface area contributed by atoms with E-state index in [1.54, 1.807) is 42.5 Å². The van der Waals surface area contributed by atoms with Gasteiger partial charge in [-0.3, -0.25) is 9.59 Å². The van der Waals surface area contributed by atoms with Gasteiger partial charge in [-0.1, -0.05) is 42.1 Å². The Hall–Kier alpha value is -3.25.